The molecule has 19 nitrogen and oxygen atoms in total. The van der Waals surface area contributed by atoms with E-state index < -0.39 is 136 Å². The van der Waals surface area contributed by atoms with E-state index in [0.717, 1.165) is 0 Å². The Hall–Kier alpha value is -2.32. The van der Waals surface area contributed by atoms with Crippen LogP contribution < -0.4 is 0 Å². The lowest BCUT2D eigenvalue weighted by molar-refractivity contribution is -0.400. The van der Waals surface area contributed by atoms with Gasteiger partial charge in [-0.2, -0.15) is 0 Å². The molecule has 0 amide bonds. The average Bonchev–Trinajstić information content (AvgIpc) is 3.21. The minimum Gasteiger partial charge on any atom is -0.394 e. The number of hydrogen-bond donors (Lipinski definition) is 10. The molecule has 4 fully saturated rings. The van der Waals surface area contributed by atoms with Crippen molar-refractivity contribution in [3.8, 4) is 0 Å². The average molecular weight is 815 g/mol. The third-order valence-electron chi connectivity index (χ3n) is 10.7. The second-order valence-corrected chi connectivity index (χ2v) is 14.7. The molecule has 9 unspecified atom stereocenters. The second kappa shape index (κ2) is 19.8. The Bertz CT molecular complexity index is 1500. The molecular formula is C38H54O19. The third kappa shape index (κ3) is 10.0. The van der Waals surface area contributed by atoms with Crippen LogP contribution in [0.5, 0.6) is 0 Å². The summed E-state index contributed by atoms with van der Waals surface area (Å²) < 4.78 is 53.7. The van der Waals surface area contributed by atoms with Crippen LogP contribution in [0, 0.1) is 0 Å². The topological polar surface area (TPSA) is 285 Å². The first-order chi connectivity index (χ1) is 27.3. The first kappa shape index (κ1) is 44.2. The zero-order valence-corrected chi connectivity index (χ0v) is 31.3. The molecule has 4 heterocycles. The number of ether oxygens (including phenoxy) is 9. The molecule has 0 saturated carbocycles. The van der Waals surface area contributed by atoms with Crippen LogP contribution in [-0.4, -0.2) is 187 Å². The lowest BCUT2D eigenvalue weighted by Crippen LogP contribution is -2.68. The van der Waals surface area contributed by atoms with Crippen molar-refractivity contribution in [3.05, 3.63) is 71.8 Å². The molecule has 2 aromatic rings. The van der Waals surface area contributed by atoms with E-state index in [0.29, 0.717) is 11.1 Å². The van der Waals surface area contributed by atoms with Crippen molar-refractivity contribution in [2.24, 2.45) is 0 Å². The quantitative estimate of drug-likeness (QED) is 0.0897. The molecule has 0 aliphatic carbocycles. The van der Waals surface area contributed by atoms with Crippen molar-refractivity contribution < 1.29 is 93.7 Å². The van der Waals surface area contributed by atoms with Crippen LogP contribution in [0.25, 0.3) is 0 Å². The fourth-order valence-electron chi connectivity index (χ4n) is 7.26. The third-order valence-corrected chi connectivity index (χ3v) is 10.7. The Balaban J connectivity index is 1.27. The van der Waals surface area contributed by atoms with Gasteiger partial charge in [-0.25, -0.2) is 0 Å². The molecule has 4 aliphatic heterocycles. The molecule has 19 heteroatoms. The maximum absolute atomic E-state index is 11.4. The molecule has 20 atom stereocenters. The molecule has 0 bridgehead atoms. The van der Waals surface area contributed by atoms with Crippen molar-refractivity contribution in [2.75, 3.05) is 13.2 Å². The molecule has 0 aromatic heterocycles. The minimum atomic E-state index is -1.95. The van der Waals surface area contributed by atoms with Gasteiger partial charge < -0.3 is 93.7 Å². The maximum atomic E-state index is 11.4. The van der Waals surface area contributed by atoms with E-state index in [9.17, 15) is 51.1 Å². The van der Waals surface area contributed by atoms with Crippen LogP contribution in [0.15, 0.2) is 60.7 Å². The molecule has 4 saturated heterocycles. The number of aliphatic hydroxyl groups is 10. The maximum Gasteiger partial charge on any atom is 0.187 e. The summed E-state index contributed by atoms with van der Waals surface area (Å²) in [5.74, 6) is 0. The lowest BCUT2D eigenvalue weighted by atomic mass is 9.95. The summed E-state index contributed by atoms with van der Waals surface area (Å²) in [6.07, 6.45) is -31.0. The Morgan fingerprint density at radius 1 is 0.439 bits per heavy atom. The zero-order chi connectivity index (χ0) is 41.0. The monoisotopic (exact) mass is 814 g/mol. The highest BCUT2D eigenvalue weighted by Gasteiger charge is 2.56. The van der Waals surface area contributed by atoms with Crippen molar-refractivity contribution in [3.63, 3.8) is 0 Å². The van der Waals surface area contributed by atoms with Crippen molar-refractivity contribution >= 4 is 0 Å². The molecule has 6 rings (SSSR count). The van der Waals surface area contributed by atoms with Gasteiger partial charge >= 0.3 is 0 Å². The van der Waals surface area contributed by atoms with E-state index in [-0.39, 0.29) is 13.2 Å². The number of hydrogen-bond acceptors (Lipinski definition) is 19. The second-order valence-electron chi connectivity index (χ2n) is 14.7. The van der Waals surface area contributed by atoms with E-state index in [1.807, 2.05) is 0 Å². The van der Waals surface area contributed by atoms with Gasteiger partial charge in [-0.3, -0.25) is 0 Å². The Kier molecular flexibility index (Phi) is 15.4. The summed E-state index contributed by atoms with van der Waals surface area (Å²) in [5, 5.41) is 108. The summed E-state index contributed by atoms with van der Waals surface area (Å²) in [6, 6.07) is 17.8. The van der Waals surface area contributed by atoms with Crippen molar-refractivity contribution in [1.29, 1.82) is 0 Å². The number of aliphatic hydroxyl groups excluding tert-OH is 10. The summed E-state index contributed by atoms with van der Waals surface area (Å²) >= 11 is 0. The number of rotatable bonds is 14. The highest BCUT2D eigenvalue weighted by Crippen LogP contribution is 2.36. The number of benzene rings is 2. The molecule has 10 N–H and O–H groups in total. The Morgan fingerprint density at radius 3 is 1.33 bits per heavy atom. The normalized spacial score (nSPS) is 44.1. The summed E-state index contributed by atoms with van der Waals surface area (Å²) in [5.41, 5.74) is 1.43. The van der Waals surface area contributed by atoms with Gasteiger partial charge in [-0.15, -0.1) is 0 Å². The molecule has 2 aromatic carbocycles. The molecule has 0 radical (unpaired) electrons. The predicted octanol–water partition coefficient (Wildman–Crippen LogP) is -3.24. The molecule has 57 heavy (non-hydrogen) atoms. The van der Waals surface area contributed by atoms with Gasteiger partial charge in [-0.1, -0.05) is 60.7 Å². The van der Waals surface area contributed by atoms with Gasteiger partial charge in [0.15, 0.2) is 25.2 Å². The van der Waals surface area contributed by atoms with Gasteiger partial charge in [0.1, 0.15) is 85.5 Å². The van der Waals surface area contributed by atoms with E-state index >= 15 is 0 Å². The summed E-state index contributed by atoms with van der Waals surface area (Å²) in [4.78, 5) is 0. The van der Waals surface area contributed by atoms with Crippen molar-refractivity contribution in [2.45, 2.75) is 150 Å². The standard InChI is InChI=1S/C38H54O19/c1-17-23(41)26(44)32(49-15-19-9-5-3-6-10-19)36(51-17)56-31-29(47)35(48)53-22(14-40)30(31)55-38-34(28(46)25(43)21(13-39)54-38)57-37-33(27(45)24(42)18(2)52-37)50-16-20-11-7-4-8-12-20/h3-12,17-18,21-48H,13-16H2,1-2H3/t17?,18-,21?,22?,23+,24+,25-,26-,27?,28?,29?,30+,31+,32?,33?,34?,35+,36-,37-,38-/m0/s1. The smallest absolute Gasteiger partial charge is 0.187 e. The highest BCUT2D eigenvalue weighted by atomic mass is 16.8. The summed E-state index contributed by atoms with van der Waals surface area (Å²) in [6.45, 7) is 1.20. The first-order valence-corrected chi connectivity index (χ1v) is 18.9. The van der Waals surface area contributed by atoms with Gasteiger partial charge in [0.2, 0.25) is 0 Å². The highest BCUT2D eigenvalue weighted by molar-refractivity contribution is 5.14. The fourth-order valence-corrected chi connectivity index (χ4v) is 7.26. The van der Waals surface area contributed by atoms with Gasteiger partial charge in [-0.05, 0) is 25.0 Å². The van der Waals surface area contributed by atoms with E-state index in [1.165, 1.54) is 13.8 Å². The molecule has 4 aliphatic rings. The van der Waals surface area contributed by atoms with E-state index in [2.05, 4.69) is 0 Å². The van der Waals surface area contributed by atoms with Crippen LogP contribution in [0.3, 0.4) is 0 Å². The zero-order valence-electron chi connectivity index (χ0n) is 31.3. The fraction of sp³-hybridized carbons (Fsp3) is 0.684. The van der Waals surface area contributed by atoms with Gasteiger partial charge in [0.05, 0.1) is 38.6 Å². The lowest BCUT2D eigenvalue weighted by Gasteiger charge is -2.50. The van der Waals surface area contributed by atoms with E-state index in [1.54, 1.807) is 60.7 Å². The Labute approximate surface area is 328 Å². The van der Waals surface area contributed by atoms with Crippen LogP contribution in [0.4, 0.5) is 0 Å². The summed E-state index contributed by atoms with van der Waals surface area (Å²) in [7, 11) is 0. The SMILES string of the molecule is CC1O[C@@H](O[C@@H]2C(O)[C@H](O)OC(CO)[C@H]2O[C@@H]2OC(CO)[C@H](O)C(O)C2O[C@@H]2O[C@@H](C)[C@@H](O)C(O)C2OCc2ccccc2)C(OCc2ccccc2)[C@@H](O)[C@@H]1O. The first-order valence-electron chi connectivity index (χ1n) is 18.9. The van der Waals surface area contributed by atoms with Crippen LogP contribution >= 0.6 is 0 Å². The molecule has 0 spiro atoms. The minimum absolute atomic E-state index is 0.0492. The van der Waals surface area contributed by atoms with Gasteiger partial charge in [0, 0.05) is 0 Å². The van der Waals surface area contributed by atoms with Crippen LogP contribution in [0.1, 0.15) is 25.0 Å². The van der Waals surface area contributed by atoms with Crippen LogP contribution in [0.2, 0.25) is 0 Å². The van der Waals surface area contributed by atoms with Gasteiger partial charge in [0.25, 0.3) is 0 Å². The van der Waals surface area contributed by atoms with Crippen LogP contribution in [-0.2, 0) is 55.8 Å². The van der Waals surface area contributed by atoms with E-state index in [4.69, 9.17) is 42.6 Å². The molecule has 320 valence electrons. The predicted molar refractivity (Wildman–Crippen MR) is 189 cm³/mol. The molecular weight excluding hydrogens is 760 g/mol. The Morgan fingerprint density at radius 2 is 0.860 bits per heavy atom. The van der Waals surface area contributed by atoms with Crippen molar-refractivity contribution in [1.82, 2.24) is 0 Å². The largest absolute Gasteiger partial charge is 0.394 e.